The van der Waals surface area contributed by atoms with Crippen LogP contribution < -0.4 is 0 Å². The van der Waals surface area contributed by atoms with Gasteiger partial charge in [-0.1, -0.05) is 18.6 Å². The van der Waals surface area contributed by atoms with Crippen LogP contribution in [-0.4, -0.2) is 23.8 Å². The molecule has 1 atom stereocenters. The van der Waals surface area contributed by atoms with Crippen molar-refractivity contribution in [3.63, 3.8) is 0 Å². The topological polar surface area (TPSA) is 20.3 Å². The Bertz CT molecular complexity index is 405. The molecule has 0 amide bonds. The molecule has 0 bridgehead atoms. The summed E-state index contributed by atoms with van der Waals surface area (Å²) in [4.78, 5) is 12.8. The van der Waals surface area contributed by atoms with Gasteiger partial charge in [-0.15, -0.1) is 0 Å². The van der Waals surface area contributed by atoms with Crippen LogP contribution in [0.15, 0.2) is 18.2 Å². The van der Waals surface area contributed by atoms with Gasteiger partial charge >= 0.3 is 0 Å². The van der Waals surface area contributed by atoms with E-state index in [2.05, 4.69) is 11.8 Å². The average molecular weight is 235 g/mol. The molecular weight excluding hydrogens is 217 g/mol. The molecule has 92 valence electrons. The first kappa shape index (κ1) is 12.2. The van der Waals surface area contributed by atoms with Crippen molar-refractivity contribution < 1.29 is 9.18 Å². The first-order valence-corrected chi connectivity index (χ1v) is 6.18. The van der Waals surface area contributed by atoms with Gasteiger partial charge in [0, 0.05) is 23.7 Å². The first-order valence-electron chi connectivity index (χ1n) is 6.18. The van der Waals surface area contributed by atoms with Crippen molar-refractivity contribution in [2.75, 3.05) is 6.54 Å². The number of aldehydes is 1. The minimum Gasteiger partial charge on any atom is -0.298 e. The van der Waals surface area contributed by atoms with Crippen molar-refractivity contribution in [1.82, 2.24) is 4.90 Å². The van der Waals surface area contributed by atoms with Crippen LogP contribution in [0.3, 0.4) is 0 Å². The fourth-order valence-corrected chi connectivity index (χ4v) is 2.38. The lowest BCUT2D eigenvalue weighted by atomic mass is 10.0. The third-order valence-corrected chi connectivity index (χ3v) is 3.53. The van der Waals surface area contributed by atoms with Crippen LogP contribution in [0.2, 0.25) is 0 Å². The highest BCUT2D eigenvalue weighted by Gasteiger charge is 2.19. The van der Waals surface area contributed by atoms with E-state index in [9.17, 15) is 9.18 Å². The van der Waals surface area contributed by atoms with Crippen LogP contribution in [0.25, 0.3) is 0 Å². The number of hydrogen-bond donors (Lipinski definition) is 0. The van der Waals surface area contributed by atoms with E-state index in [0.717, 1.165) is 6.54 Å². The van der Waals surface area contributed by atoms with Crippen molar-refractivity contribution in [3.05, 3.63) is 35.1 Å². The van der Waals surface area contributed by atoms with E-state index in [4.69, 9.17) is 0 Å². The van der Waals surface area contributed by atoms with Gasteiger partial charge in [-0.25, -0.2) is 4.39 Å². The van der Waals surface area contributed by atoms with Crippen LogP contribution in [0, 0.1) is 5.82 Å². The molecule has 0 aromatic heterocycles. The Labute approximate surface area is 101 Å². The molecule has 2 rings (SSSR count). The standard InChI is InChI=1S/C14H18FNO/c1-11-4-2-3-7-16(11)9-13-6-5-12(10-17)8-14(13)15/h5-6,8,10-11H,2-4,7,9H2,1H3/t11-/m1/s1. The molecule has 0 aliphatic carbocycles. The van der Waals surface area contributed by atoms with Gasteiger partial charge in [0.25, 0.3) is 0 Å². The monoisotopic (exact) mass is 235 g/mol. The number of carbonyl (C=O) groups is 1. The van der Waals surface area contributed by atoms with E-state index in [1.165, 1.54) is 25.3 Å². The fourth-order valence-electron chi connectivity index (χ4n) is 2.38. The summed E-state index contributed by atoms with van der Waals surface area (Å²) in [5.41, 5.74) is 1.09. The third kappa shape index (κ3) is 2.91. The SMILES string of the molecule is C[C@@H]1CCCCN1Cc1ccc(C=O)cc1F. The Hall–Kier alpha value is -1.22. The molecule has 1 aliphatic rings. The van der Waals surface area contributed by atoms with E-state index in [-0.39, 0.29) is 5.82 Å². The maximum Gasteiger partial charge on any atom is 0.150 e. The summed E-state index contributed by atoms with van der Waals surface area (Å²) in [5, 5.41) is 0. The number of carbonyl (C=O) groups excluding carboxylic acids is 1. The molecule has 0 spiro atoms. The lowest BCUT2D eigenvalue weighted by Gasteiger charge is -2.33. The predicted molar refractivity (Wildman–Crippen MR) is 65.5 cm³/mol. The highest BCUT2D eigenvalue weighted by molar-refractivity contribution is 5.74. The number of benzene rings is 1. The fraction of sp³-hybridized carbons (Fsp3) is 0.500. The quantitative estimate of drug-likeness (QED) is 0.751. The Balaban J connectivity index is 2.09. The zero-order valence-corrected chi connectivity index (χ0v) is 10.2. The molecule has 1 heterocycles. The lowest BCUT2D eigenvalue weighted by molar-refractivity contribution is 0.112. The summed E-state index contributed by atoms with van der Waals surface area (Å²) in [5.74, 6) is -0.271. The summed E-state index contributed by atoms with van der Waals surface area (Å²) in [7, 11) is 0. The molecule has 1 aliphatic heterocycles. The van der Waals surface area contributed by atoms with Gasteiger partial charge in [0.2, 0.25) is 0 Å². The largest absolute Gasteiger partial charge is 0.298 e. The van der Waals surface area contributed by atoms with E-state index in [0.29, 0.717) is 30.0 Å². The number of piperidine rings is 1. The first-order chi connectivity index (χ1) is 8.20. The van der Waals surface area contributed by atoms with Gasteiger partial charge in [0.1, 0.15) is 12.1 Å². The van der Waals surface area contributed by atoms with Crippen molar-refractivity contribution in [2.24, 2.45) is 0 Å². The Morgan fingerprint density at radius 1 is 1.47 bits per heavy atom. The molecule has 0 N–H and O–H groups in total. The smallest absolute Gasteiger partial charge is 0.150 e. The van der Waals surface area contributed by atoms with Crippen LogP contribution in [0.5, 0.6) is 0 Å². The number of halogens is 1. The molecule has 0 saturated carbocycles. The molecule has 0 radical (unpaired) electrons. The number of hydrogen-bond acceptors (Lipinski definition) is 2. The maximum atomic E-state index is 13.7. The van der Waals surface area contributed by atoms with E-state index < -0.39 is 0 Å². The lowest BCUT2D eigenvalue weighted by Crippen LogP contribution is -2.36. The number of rotatable bonds is 3. The van der Waals surface area contributed by atoms with Gasteiger partial charge in [-0.2, -0.15) is 0 Å². The summed E-state index contributed by atoms with van der Waals surface area (Å²) in [6.45, 7) is 3.87. The van der Waals surface area contributed by atoms with Crippen molar-refractivity contribution in [2.45, 2.75) is 38.8 Å². The summed E-state index contributed by atoms with van der Waals surface area (Å²) in [6.07, 6.45) is 4.33. The molecule has 1 aromatic rings. The van der Waals surface area contributed by atoms with Gasteiger partial charge < -0.3 is 0 Å². The summed E-state index contributed by atoms with van der Waals surface area (Å²) < 4.78 is 13.7. The van der Waals surface area contributed by atoms with E-state index in [1.807, 2.05) is 0 Å². The van der Waals surface area contributed by atoms with Gasteiger partial charge in [0.15, 0.2) is 0 Å². The Morgan fingerprint density at radius 3 is 2.94 bits per heavy atom. The van der Waals surface area contributed by atoms with E-state index >= 15 is 0 Å². The molecular formula is C14H18FNO. The van der Waals surface area contributed by atoms with Crippen LogP contribution in [0.4, 0.5) is 4.39 Å². The molecule has 1 fully saturated rings. The zero-order chi connectivity index (χ0) is 12.3. The third-order valence-electron chi connectivity index (χ3n) is 3.53. The summed E-state index contributed by atoms with van der Waals surface area (Å²) >= 11 is 0. The molecule has 0 unspecified atom stereocenters. The molecule has 17 heavy (non-hydrogen) atoms. The maximum absolute atomic E-state index is 13.7. The minimum atomic E-state index is -0.271. The normalized spacial score (nSPS) is 21.4. The minimum absolute atomic E-state index is 0.271. The molecule has 3 heteroatoms. The predicted octanol–water partition coefficient (Wildman–Crippen LogP) is 3.01. The molecule has 1 aromatic carbocycles. The Kier molecular flexibility index (Phi) is 3.89. The summed E-state index contributed by atoms with van der Waals surface area (Å²) in [6, 6.07) is 5.24. The number of likely N-dealkylation sites (tertiary alicyclic amines) is 1. The highest BCUT2D eigenvalue weighted by Crippen LogP contribution is 2.20. The van der Waals surface area contributed by atoms with Crippen LogP contribution in [-0.2, 0) is 6.54 Å². The van der Waals surface area contributed by atoms with Crippen LogP contribution in [0.1, 0.15) is 42.1 Å². The second kappa shape index (κ2) is 5.41. The molecule has 1 saturated heterocycles. The zero-order valence-electron chi connectivity index (χ0n) is 10.2. The molecule has 2 nitrogen and oxygen atoms in total. The average Bonchev–Trinajstić information content (AvgIpc) is 2.34. The van der Waals surface area contributed by atoms with E-state index in [1.54, 1.807) is 12.1 Å². The van der Waals surface area contributed by atoms with Gasteiger partial charge in [-0.3, -0.25) is 9.69 Å². The second-order valence-corrected chi connectivity index (χ2v) is 4.78. The van der Waals surface area contributed by atoms with Crippen molar-refractivity contribution in [1.29, 1.82) is 0 Å². The Morgan fingerprint density at radius 2 is 2.29 bits per heavy atom. The second-order valence-electron chi connectivity index (χ2n) is 4.78. The van der Waals surface area contributed by atoms with Gasteiger partial charge in [0.05, 0.1) is 0 Å². The number of nitrogens with zero attached hydrogens (tertiary/aromatic N) is 1. The van der Waals surface area contributed by atoms with Gasteiger partial charge in [-0.05, 0) is 32.4 Å². The highest BCUT2D eigenvalue weighted by atomic mass is 19.1. The van der Waals surface area contributed by atoms with Crippen molar-refractivity contribution in [3.8, 4) is 0 Å². The van der Waals surface area contributed by atoms with Crippen LogP contribution >= 0.6 is 0 Å². The van der Waals surface area contributed by atoms with Crippen molar-refractivity contribution >= 4 is 6.29 Å².